The quantitative estimate of drug-likeness (QED) is 0.184. The van der Waals surface area contributed by atoms with Crippen LogP contribution in [0.5, 0.6) is 5.75 Å². The lowest BCUT2D eigenvalue weighted by Gasteiger charge is -2.03. The highest BCUT2D eigenvalue weighted by molar-refractivity contribution is 6.29. The Morgan fingerprint density at radius 1 is 0.941 bits per heavy atom. The molecule has 34 heavy (non-hydrogen) atoms. The Morgan fingerprint density at radius 2 is 1.79 bits per heavy atom. The normalized spacial score (nSPS) is 12.0. The Morgan fingerprint density at radius 3 is 2.62 bits per heavy atom. The van der Waals surface area contributed by atoms with Gasteiger partial charge < -0.3 is 4.74 Å². The minimum Gasteiger partial charge on any atom is -0.497 e. The molecule has 4 nitrogen and oxygen atoms in total. The van der Waals surface area contributed by atoms with Crippen LogP contribution in [0.3, 0.4) is 0 Å². The van der Waals surface area contributed by atoms with Crippen LogP contribution in [0.1, 0.15) is 12.8 Å². The third-order valence-corrected chi connectivity index (χ3v) is 7.08. The van der Waals surface area contributed by atoms with Crippen molar-refractivity contribution in [2.24, 2.45) is 0 Å². The van der Waals surface area contributed by atoms with E-state index in [4.69, 9.17) is 16.3 Å². The van der Waals surface area contributed by atoms with Crippen molar-refractivity contribution in [1.29, 1.82) is 0 Å². The molecule has 7 aromatic rings. The van der Waals surface area contributed by atoms with E-state index in [2.05, 4.69) is 77.3 Å². The van der Waals surface area contributed by atoms with E-state index in [-0.39, 0.29) is 0 Å². The molecule has 162 valence electrons. The molecule has 0 bridgehead atoms. The molecular weight excluding hydrogens is 418 g/mol. The summed E-state index contributed by atoms with van der Waals surface area (Å²) < 4.78 is 9.96. The van der Waals surface area contributed by atoms with Crippen LogP contribution in [-0.4, -0.2) is 16.7 Å². The number of pyridine rings is 1. The highest BCUT2D eigenvalue weighted by Crippen LogP contribution is 2.38. The van der Waals surface area contributed by atoms with Crippen molar-refractivity contribution in [3.05, 3.63) is 72.9 Å². The number of hydrogen-bond donors (Lipinski definition) is 0. The number of nitrogens with zero attached hydrogens (tertiary/aromatic N) is 3. The molecule has 0 aliphatic carbocycles. The largest absolute Gasteiger partial charge is 0.497 e. The zero-order valence-electron chi connectivity index (χ0n) is 18.9. The van der Waals surface area contributed by atoms with Crippen molar-refractivity contribution in [1.82, 2.24) is 9.61 Å². The number of hydrogen-bond acceptors (Lipinski definition) is 2. The Labute approximate surface area is 196 Å². The molecule has 0 radical (unpaired) electrons. The van der Waals surface area contributed by atoms with Gasteiger partial charge in [-0.25, -0.2) is 4.52 Å². The first kappa shape index (κ1) is 19.1. The van der Waals surface area contributed by atoms with Gasteiger partial charge in [-0.15, -0.1) is 12.3 Å². The van der Waals surface area contributed by atoms with Crippen molar-refractivity contribution in [2.45, 2.75) is 19.4 Å². The predicted molar refractivity (Wildman–Crippen MR) is 139 cm³/mol. The van der Waals surface area contributed by atoms with Crippen molar-refractivity contribution < 1.29 is 9.30 Å². The number of aryl methyl sites for hydroxylation is 1. The first-order chi connectivity index (χ1) is 16.8. The van der Waals surface area contributed by atoms with Crippen LogP contribution < -0.4 is 9.30 Å². The molecule has 3 aromatic heterocycles. The zero-order valence-corrected chi connectivity index (χ0v) is 18.9. The minimum absolute atomic E-state index is 0.744. The van der Waals surface area contributed by atoms with E-state index in [1.54, 1.807) is 7.11 Å². The summed E-state index contributed by atoms with van der Waals surface area (Å²) in [6.07, 6.45) is 9.31. The second-order valence-corrected chi connectivity index (χ2v) is 8.87. The van der Waals surface area contributed by atoms with Crippen LogP contribution >= 0.6 is 0 Å². The van der Waals surface area contributed by atoms with E-state index in [1.165, 1.54) is 43.2 Å². The Bertz CT molecular complexity index is 1940. The van der Waals surface area contributed by atoms with Crippen molar-refractivity contribution >= 4 is 59.8 Å². The van der Waals surface area contributed by atoms with Crippen molar-refractivity contribution in [3.8, 4) is 18.1 Å². The van der Waals surface area contributed by atoms with Gasteiger partial charge in [0.1, 0.15) is 11.3 Å². The minimum atomic E-state index is 0.744. The standard InChI is InChI=1S/C30H22N3O/c1-3-4-5-15-32-26-17-20(34-2)12-13-21(26)23-14-16-33-27(30(23)32)18-25-22-10-6-8-19-9-7-11-24(28(19)22)29(25)31-33/h1,6-14,16-18H,4-5,15H2,2H3/q+1. The summed E-state index contributed by atoms with van der Waals surface area (Å²) in [6, 6.07) is 23.8. The molecule has 0 atom stereocenters. The topological polar surface area (TPSA) is 30.4 Å². The third-order valence-electron chi connectivity index (χ3n) is 7.08. The van der Waals surface area contributed by atoms with Gasteiger partial charge in [-0.05, 0) is 40.4 Å². The molecular formula is C30H22N3O+. The van der Waals surface area contributed by atoms with Gasteiger partial charge in [0.2, 0.25) is 11.0 Å². The fraction of sp³-hybridized carbons (Fsp3) is 0.133. The van der Waals surface area contributed by atoms with E-state index < -0.39 is 0 Å². The van der Waals surface area contributed by atoms with E-state index >= 15 is 0 Å². The lowest BCUT2D eigenvalue weighted by molar-refractivity contribution is -0.643. The summed E-state index contributed by atoms with van der Waals surface area (Å²) in [5, 5.41) is 13.8. The molecule has 0 N–H and O–H groups in total. The summed E-state index contributed by atoms with van der Waals surface area (Å²) in [6.45, 7) is 0.837. The molecule has 0 amide bonds. The number of ether oxygens (including phenoxy) is 1. The van der Waals surface area contributed by atoms with Crippen LogP contribution in [0.25, 0.3) is 59.8 Å². The number of benzene rings is 3. The van der Waals surface area contributed by atoms with Crippen LogP contribution in [0.4, 0.5) is 0 Å². The molecule has 0 unspecified atom stereocenters. The molecule has 0 spiro atoms. The predicted octanol–water partition coefficient (Wildman–Crippen LogP) is 6.25. The second kappa shape index (κ2) is 7.07. The highest BCUT2D eigenvalue weighted by atomic mass is 16.5. The van der Waals surface area contributed by atoms with Gasteiger partial charge in [-0.3, -0.25) is 0 Å². The van der Waals surface area contributed by atoms with Crippen molar-refractivity contribution in [2.75, 3.05) is 7.11 Å². The van der Waals surface area contributed by atoms with Gasteiger partial charge in [0.25, 0.3) is 0 Å². The average molecular weight is 441 g/mol. The average Bonchev–Trinajstić information content (AvgIpc) is 3.37. The van der Waals surface area contributed by atoms with Crippen LogP contribution in [0.2, 0.25) is 0 Å². The first-order valence-corrected chi connectivity index (χ1v) is 11.6. The highest BCUT2D eigenvalue weighted by Gasteiger charge is 2.24. The van der Waals surface area contributed by atoms with E-state index in [9.17, 15) is 0 Å². The van der Waals surface area contributed by atoms with Crippen molar-refractivity contribution in [3.63, 3.8) is 0 Å². The second-order valence-electron chi connectivity index (χ2n) is 8.87. The maximum atomic E-state index is 5.58. The summed E-state index contributed by atoms with van der Waals surface area (Å²) in [4.78, 5) is 0. The van der Waals surface area contributed by atoms with Gasteiger partial charge in [0.15, 0.2) is 6.54 Å². The van der Waals surface area contributed by atoms with E-state index in [1.807, 2.05) is 10.6 Å². The fourth-order valence-electron chi connectivity index (χ4n) is 5.59. The summed E-state index contributed by atoms with van der Waals surface area (Å²) in [5.41, 5.74) is 4.48. The van der Waals surface area contributed by atoms with Crippen LogP contribution in [-0.2, 0) is 6.54 Å². The Kier molecular flexibility index (Phi) is 3.98. The number of aromatic nitrogens is 3. The van der Waals surface area contributed by atoms with Gasteiger partial charge >= 0.3 is 0 Å². The number of unbranched alkanes of at least 4 members (excludes halogenated alkanes) is 1. The number of methoxy groups -OCH3 is 1. The lowest BCUT2D eigenvalue weighted by Crippen LogP contribution is -2.33. The number of terminal acetylenes is 1. The Hall–Kier alpha value is -4.36. The monoisotopic (exact) mass is 440 g/mol. The summed E-state index contributed by atoms with van der Waals surface area (Å²) in [7, 11) is 1.71. The molecule has 0 aliphatic heterocycles. The molecule has 4 heteroatoms. The van der Waals surface area contributed by atoms with Crippen LogP contribution in [0, 0.1) is 12.3 Å². The molecule has 0 saturated carbocycles. The van der Waals surface area contributed by atoms with Crippen LogP contribution in [0.15, 0.2) is 72.9 Å². The van der Waals surface area contributed by atoms with Gasteiger partial charge in [0, 0.05) is 29.8 Å². The third kappa shape index (κ3) is 2.50. The van der Waals surface area contributed by atoms with Gasteiger partial charge in [-0.2, -0.15) is 9.67 Å². The maximum absolute atomic E-state index is 5.58. The summed E-state index contributed by atoms with van der Waals surface area (Å²) >= 11 is 0. The number of rotatable bonds is 4. The number of fused-ring (bicyclic) bond motifs is 8. The zero-order chi connectivity index (χ0) is 22.8. The fourth-order valence-corrected chi connectivity index (χ4v) is 5.59. The molecule has 3 heterocycles. The molecule has 0 aliphatic rings. The molecule has 0 saturated heterocycles. The maximum Gasteiger partial charge on any atom is 0.239 e. The lowest BCUT2D eigenvalue weighted by atomic mass is 10.1. The van der Waals surface area contributed by atoms with E-state index in [0.717, 1.165) is 41.7 Å². The Balaban J connectivity index is 1.65. The first-order valence-electron chi connectivity index (χ1n) is 11.6. The molecule has 0 fully saturated rings. The summed E-state index contributed by atoms with van der Waals surface area (Å²) in [5.74, 6) is 3.64. The van der Waals surface area contributed by atoms with E-state index in [0.29, 0.717) is 0 Å². The van der Waals surface area contributed by atoms with Gasteiger partial charge in [-0.1, -0.05) is 36.4 Å². The molecule has 4 aromatic carbocycles. The SMILES string of the molecule is C#CCCC[n+]1c2cc(OC)ccc2c2ccn3nc4c(cc3c21)c1cccc2cccc4c21. The smallest absolute Gasteiger partial charge is 0.239 e. The molecule has 7 rings (SSSR count). The van der Waals surface area contributed by atoms with Gasteiger partial charge in [0.05, 0.1) is 29.5 Å².